The molecule has 0 bridgehead atoms. The van der Waals surface area contributed by atoms with Crippen molar-refractivity contribution in [3.63, 3.8) is 0 Å². The molecule has 2 heterocycles. The molecule has 8 heteroatoms. The number of rotatable bonds is 6. The Labute approximate surface area is 225 Å². The standard InChI is InChI=1S/C31H20FNO5S/c32-20-10-7-13-23(16-20)39-29-27(34)26-28(38-31(29)36)24-15-14-22(37-21-11-5-2-6-12-21)17-25(24)33(30(26)35)18-19-8-3-1-4-9-19/h1-17,34H,18H2. The maximum absolute atomic E-state index is 13.9. The second-order valence-corrected chi connectivity index (χ2v) is 9.89. The average molecular weight is 538 g/mol. The summed E-state index contributed by atoms with van der Waals surface area (Å²) in [5, 5.41) is 11.6. The van der Waals surface area contributed by atoms with Gasteiger partial charge in [0, 0.05) is 16.3 Å². The molecule has 4 aromatic carbocycles. The summed E-state index contributed by atoms with van der Waals surface area (Å²) in [5.74, 6) is 0.111. The minimum Gasteiger partial charge on any atom is -0.505 e. The zero-order valence-corrected chi connectivity index (χ0v) is 21.2. The SMILES string of the molecule is O=c1oc2c(c(O)c1Sc1cccc(F)c1)c(=O)n(Cc1ccccc1)c1cc(Oc3ccccc3)ccc21. The van der Waals surface area contributed by atoms with Gasteiger partial charge in [0.2, 0.25) is 0 Å². The van der Waals surface area contributed by atoms with E-state index in [2.05, 4.69) is 0 Å². The summed E-state index contributed by atoms with van der Waals surface area (Å²) in [6.45, 7) is 0.200. The van der Waals surface area contributed by atoms with Crippen molar-refractivity contribution >= 4 is 33.6 Å². The van der Waals surface area contributed by atoms with Gasteiger partial charge in [0.1, 0.15) is 27.6 Å². The molecule has 0 atom stereocenters. The van der Waals surface area contributed by atoms with E-state index in [1.165, 1.54) is 22.8 Å². The van der Waals surface area contributed by atoms with Crippen LogP contribution in [0.2, 0.25) is 0 Å². The molecule has 0 saturated carbocycles. The number of hydrogen-bond donors (Lipinski definition) is 1. The van der Waals surface area contributed by atoms with Gasteiger partial charge in [-0.2, -0.15) is 0 Å². The Morgan fingerprint density at radius 1 is 0.846 bits per heavy atom. The second kappa shape index (κ2) is 10.2. The van der Waals surface area contributed by atoms with Gasteiger partial charge >= 0.3 is 5.63 Å². The van der Waals surface area contributed by atoms with Gasteiger partial charge in [-0.25, -0.2) is 9.18 Å². The first-order valence-electron chi connectivity index (χ1n) is 12.0. The maximum Gasteiger partial charge on any atom is 0.354 e. The molecular weight excluding hydrogens is 517 g/mol. The zero-order valence-electron chi connectivity index (χ0n) is 20.3. The van der Waals surface area contributed by atoms with Crippen LogP contribution < -0.4 is 15.9 Å². The quantitative estimate of drug-likeness (QED) is 0.232. The van der Waals surface area contributed by atoms with Crippen LogP contribution in [0.5, 0.6) is 17.2 Å². The fraction of sp³-hybridized carbons (Fsp3) is 0.0323. The number of para-hydroxylation sites is 1. The molecule has 0 aliphatic carbocycles. The van der Waals surface area contributed by atoms with Crippen LogP contribution in [0.25, 0.3) is 21.9 Å². The van der Waals surface area contributed by atoms with Crippen molar-refractivity contribution in [3.8, 4) is 17.2 Å². The maximum atomic E-state index is 13.9. The van der Waals surface area contributed by atoms with E-state index in [9.17, 15) is 19.1 Å². The average Bonchev–Trinajstić information content (AvgIpc) is 2.94. The number of halogens is 1. The molecule has 0 spiro atoms. The normalized spacial score (nSPS) is 11.2. The Hall–Kier alpha value is -4.82. The van der Waals surface area contributed by atoms with Crippen molar-refractivity contribution in [2.45, 2.75) is 16.3 Å². The Balaban J connectivity index is 1.59. The van der Waals surface area contributed by atoms with Crippen molar-refractivity contribution in [2.75, 3.05) is 0 Å². The fourth-order valence-corrected chi connectivity index (χ4v) is 5.29. The number of pyridine rings is 1. The zero-order chi connectivity index (χ0) is 26.9. The number of ether oxygens (including phenoxy) is 1. The smallest absolute Gasteiger partial charge is 0.354 e. The molecule has 192 valence electrons. The molecular formula is C31H20FNO5S. The van der Waals surface area contributed by atoms with Gasteiger partial charge in [-0.05, 0) is 48.0 Å². The molecule has 0 fully saturated rings. The molecule has 2 aromatic heterocycles. The largest absolute Gasteiger partial charge is 0.505 e. The Morgan fingerprint density at radius 3 is 2.33 bits per heavy atom. The van der Waals surface area contributed by atoms with Gasteiger partial charge in [-0.15, -0.1) is 0 Å². The molecule has 0 amide bonds. The van der Waals surface area contributed by atoms with Gasteiger partial charge in [-0.3, -0.25) is 4.79 Å². The molecule has 0 saturated heterocycles. The Bertz CT molecular complexity index is 1950. The molecule has 1 N–H and O–H groups in total. The molecule has 0 aliphatic rings. The summed E-state index contributed by atoms with van der Waals surface area (Å²) in [4.78, 5) is 27.1. The molecule has 0 aliphatic heterocycles. The topological polar surface area (TPSA) is 81.7 Å². The van der Waals surface area contributed by atoms with Crippen LogP contribution in [0.1, 0.15) is 5.56 Å². The van der Waals surface area contributed by atoms with Crippen LogP contribution >= 0.6 is 11.8 Å². The van der Waals surface area contributed by atoms with E-state index in [-0.39, 0.29) is 22.4 Å². The number of aromatic hydroxyl groups is 1. The van der Waals surface area contributed by atoms with Gasteiger partial charge in [0.05, 0.1) is 12.1 Å². The Morgan fingerprint density at radius 2 is 1.59 bits per heavy atom. The highest BCUT2D eigenvalue weighted by Crippen LogP contribution is 2.38. The molecule has 6 nitrogen and oxygen atoms in total. The first kappa shape index (κ1) is 24.5. The molecule has 39 heavy (non-hydrogen) atoms. The van der Waals surface area contributed by atoms with Gasteiger partial charge in [-0.1, -0.05) is 66.4 Å². The van der Waals surface area contributed by atoms with E-state index in [1.54, 1.807) is 24.3 Å². The number of hydrogen-bond acceptors (Lipinski definition) is 6. The lowest BCUT2D eigenvalue weighted by molar-refractivity contribution is 0.446. The van der Waals surface area contributed by atoms with Crippen LogP contribution in [0.15, 0.2) is 127 Å². The van der Waals surface area contributed by atoms with E-state index in [1.807, 2.05) is 60.7 Å². The van der Waals surface area contributed by atoms with E-state index in [4.69, 9.17) is 9.15 Å². The van der Waals surface area contributed by atoms with Crippen LogP contribution in [0.3, 0.4) is 0 Å². The van der Waals surface area contributed by atoms with Crippen molar-refractivity contribution in [2.24, 2.45) is 0 Å². The third-order valence-electron chi connectivity index (χ3n) is 6.20. The minimum absolute atomic E-state index is 0.0309. The fourth-order valence-electron chi connectivity index (χ4n) is 4.42. The highest BCUT2D eigenvalue weighted by Gasteiger charge is 2.23. The molecule has 0 unspecified atom stereocenters. The monoisotopic (exact) mass is 537 g/mol. The van der Waals surface area contributed by atoms with Crippen LogP contribution in [0, 0.1) is 5.82 Å². The summed E-state index contributed by atoms with van der Waals surface area (Å²) < 4.78 is 26.9. The summed E-state index contributed by atoms with van der Waals surface area (Å²) in [6.07, 6.45) is 0. The summed E-state index contributed by atoms with van der Waals surface area (Å²) >= 11 is 0.833. The lowest BCUT2D eigenvalue weighted by Crippen LogP contribution is -2.23. The molecule has 6 rings (SSSR count). The van der Waals surface area contributed by atoms with Crippen LogP contribution in [-0.2, 0) is 6.54 Å². The molecule has 0 radical (unpaired) electrons. The van der Waals surface area contributed by atoms with E-state index in [0.717, 1.165) is 17.3 Å². The lowest BCUT2D eigenvalue weighted by atomic mass is 10.1. The summed E-state index contributed by atoms with van der Waals surface area (Å²) in [7, 11) is 0. The van der Waals surface area contributed by atoms with Crippen LogP contribution in [-0.4, -0.2) is 9.67 Å². The molecule has 6 aromatic rings. The van der Waals surface area contributed by atoms with Crippen LogP contribution in [0.4, 0.5) is 4.39 Å². The van der Waals surface area contributed by atoms with Crippen molar-refractivity contribution in [1.82, 2.24) is 4.57 Å². The Kier molecular flexibility index (Phi) is 6.38. The highest BCUT2D eigenvalue weighted by molar-refractivity contribution is 7.99. The number of aromatic nitrogens is 1. The highest BCUT2D eigenvalue weighted by atomic mass is 32.2. The van der Waals surface area contributed by atoms with Gasteiger partial charge < -0.3 is 18.8 Å². The van der Waals surface area contributed by atoms with Crippen molar-refractivity contribution in [1.29, 1.82) is 0 Å². The summed E-state index contributed by atoms with van der Waals surface area (Å²) in [6, 6.07) is 29.3. The third kappa shape index (κ3) is 4.78. The second-order valence-electron chi connectivity index (χ2n) is 8.80. The third-order valence-corrected chi connectivity index (χ3v) is 7.25. The van der Waals surface area contributed by atoms with E-state index >= 15 is 0 Å². The van der Waals surface area contributed by atoms with Crippen molar-refractivity contribution < 1.29 is 18.7 Å². The first-order chi connectivity index (χ1) is 19.0. The summed E-state index contributed by atoms with van der Waals surface area (Å²) in [5.41, 5.74) is -0.0728. The predicted octanol–water partition coefficient (Wildman–Crippen LogP) is 6.94. The van der Waals surface area contributed by atoms with Gasteiger partial charge in [0.15, 0.2) is 11.3 Å². The lowest BCUT2D eigenvalue weighted by Gasteiger charge is -2.15. The number of benzene rings is 4. The number of nitrogens with zero attached hydrogens (tertiary/aromatic N) is 1. The van der Waals surface area contributed by atoms with E-state index in [0.29, 0.717) is 27.3 Å². The van der Waals surface area contributed by atoms with E-state index < -0.39 is 22.8 Å². The predicted molar refractivity (Wildman–Crippen MR) is 148 cm³/mol. The van der Waals surface area contributed by atoms with Crippen molar-refractivity contribution in [3.05, 3.63) is 135 Å². The first-order valence-corrected chi connectivity index (χ1v) is 12.9. The minimum atomic E-state index is -0.833. The van der Waals surface area contributed by atoms with Gasteiger partial charge in [0.25, 0.3) is 5.56 Å². The number of fused-ring (bicyclic) bond motifs is 3.